The number of carbonyl (C=O) groups is 3. The lowest BCUT2D eigenvalue weighted by molar-refractivity contribution is -0.125. The first-order valence-electron chi connectivity index (χ1n) is 9.58. The Kier molecular flexibility index (Phi) is 8.72. The van der Waals surface area contributed by atoms with Crippen molar-refractivity contribution in [3.05, 3.63) is 41.5 Å². The van der Waals surface area contributed by atoms with E-state index < -0.39 is 23.9 Å². The number of hydrogen-bond donors (Lipinski definition) is 4. The fourth-order valence-electron chi connectivity index (χ4n) is 3.60. The lowest BCUT2D eigenvalue weighted by Crippen LogP contribution is -2.40. The second kappa shape index (κ2) is 11.3. The van der Waals surface area contributed by atoms with Crippen molar-refractivity contribution < 1.29 is 29.0 Å². The van der Waals surface area contributed by atoms with Crippen LogP contribution in [0.3, 0.4) is 0 Å². The quantitative estimate of drug-likeness (QED) is 0.432. The number of carboxylic acid groups (broad SMARTS) is 1. The Morgan fingerprint density at radius 3 is 2.72 bits per heavy atom. The summed E-state index contributed by atoms with van der Waals surface area (Å²) in [6, 6.07) is 0.716. The third-order valence-electron chi connectivity index (χ3n) is 5.11. The second-order valence-corrected chi connectivity index (χ2v) is 7.10. The van der Waals surface area contributed by atoms with Crippen LogP contribution in [0.5, 0.6) is 0 Å². The Bertz CT molecular complexity index is 755. The van der Waals surface area contributed by atoms with Crippen molar-refractivity contribution in [1.29, 1.82) is 0 Å². The third kappa shape index (κ3) is 6.63. The van der Waals surface area contributed by atoms with Crippen LogP contribution in [0.2, 0.25) is 0 Å². The van der Waals surface area contributed by atoms with E-state index in [9.17, 15) is 19.1 Å². The van der Waals surface area contributed by atoms with Crippen LogP contribution in [-0.2, 0) is 9.59 Å². The van der Waals surface area contributed by atoms with Crippen molar-refractivity contribution in [3.63, 3.8) is 0 Å². The summed E-state index contributed by atoms with van der Waals surface area (Å²) in [5.74, 6) is -1.79. The summed E-state index contributed by atoms with van der Waals surface area (Å²) in [7, 11) is 0. The zero-order valence-electron chi connectivity index (χ0n) is 16.0. The van der Waals surface area contributed by atoms with Gasteiger partial charge in [0, 0.05) is 18.7 Å². The van der Waals surface area contributed by atoms with E-state index in [2.05, 4.69) is 21.7 Å². The Morgan fingerprint density at radius 2 is 2.07 bits per heavy atom. The van der Waals surface area contributed by atoms with Crippen molar-refractivity contribution >= 4 is 18.3 Å². The Hall–Kier alpha value is -2.81. The van der Waals surface area contributed by atoms with Gasteiger partial charge in [0.15, 0.2) is 5.82 Å². The number of aliphatic hydroxyl groups is 1. The number of aliphatic hydroxyl groups excluding tert-OH is 1. The molecule has 1 saturated carbocycles. The molecule has 2 amide bonds. The van der Waals surface area contributed by atoms with Crippen molar-refractivity contribution in [3.8, 4) is 0 Å². The maximum absolute atomic E-state index is 13.6. The fourth-order valence-corrected chi connectivity index (χ4v) is 3.60. The molecule has 158 valence electrons. The van der Waals surface area contributed by atoms with Crippen LogP contribution in [0, 0.1) is 11.7 Å². The Balaban J connectivity index is 0.000000941. The average Bonchev–Trinajstić information content (AvgIpc) is 3.08. The molecule has 2 aliphatic rings. The second-order valence-electron chi connectivity index (χ2n) is 7.10. The number of carbonyl (C=O) groups excluding carboxylic acids is 2. The van der Waals surface area contributed by atoms with E-state index in [1.54, 1.807) is 0 Å². The summed E-state index contributed by atoms with van der Waals surface area (Å²) in [5, 5.41) is 22.6. The summed E-state index contributed by atoms with van der Waals surface area (Å²) in [4.78, 5) is 36.5. The molecule has 1 fully saturated rings. The first-order valence-corrected chi connectivity index (χ1v) is 9.58. The summed E-state index contributed by atoms with van der Waals surface area (Å²) < 4.78 is 13.6. The highest BCUT2D eigenvalue weighted by Gasteiger charge is 2.38. The van der Waals surface area contributed by atoms with Crippen LogP contribution in [0.25, 0.3) is 0 Å². The summed E-state index contributed by atoms with van der Waals surface area (Å²) >= 11 is 0. The molecule has 1 aromatic rings. The Morgan fingerprint density at radius 1 is 1.31 bits per heavy atom. The molecule has 0 radical (unpaired) electrons. The van der Waals surface area contributed by atoms with Gasteiger partial charge >= 0.3 is 0 Å². The molecule has 1 heterocycles. The van der Waals surface area contributed by atoms with Crippen LogP contribution in [0.15, 0.2) is 30.1 Å². The molecule has 0 aromatic carbocycles. The molecule has 3 atom stereocenters. The maximum atomic E-state index is 13.6. The molecular formula is C20H26FN3O5. The van der Waals surface area contributed by atoms with Gasteiger partial charge in [-0.1, -0.05) is 11.6 Å². The minimum absolute atomic E-state index is 0.109. The van der Waals surface area contributed by atoms with E-state index in [1.165, 1.54) is 24.3 Å². The molecule has 0 unspecified atom stereocenters. The maximum Gasteiger partial charge on any atom is 0.290 e. The van der Waals surface area contributed by atoms with Gasteiger partial charge in [0.25, 0.3) is 12.4 Å². The fraction of sp³-hybridized carbons (Fsp3) is 0.500. The van der Waals surface area contributed by atoms with Crippen molar-refractivity contribution in [2.24, 2.45) is 5.92 Å². The van der Waals surface area contributed by atoms with Gasteiger partial charge in [-0.15, -0.1) is 0 Å². The van der Waals surface area contributed by atoms with Crippen molar-refractivity contribution in [1.82, 2.24) is 15.6 Å². The topological polar surface area (TPSA) is 129 Å². The minimum Gasteiger partial charge on any atom is -0.483 e. The number of rotatable bonds is 5. The molecule has 0 spiro atoms. The number of hydrogen-bond acceptors (Lipinski definition) is 5. The third-order valence-corrected chi connectivity index (χ3v) is 5.11. The number of nitrogens with one attached hydrogen (secondary N) is 2. The van der Waals surface area contributed by atoms with E-state index >= 15 is 0 Å². The number of aromatic nitrogens is 1. The predicted molar refractivity (Wildman–Crippen MR) is 102 cm³/mol. The normalized spacial score (nSPS) is 23.2. The van der Waals surface area contributed by atoms with Crippen LogP contribution < -0.4 is 10.6 Å². The van der Waals surface area contributed by atoms with Crippen LogP contribution in [-0.4, -0.2) is 52.2 Å². The van der Waals surface area contributed by atoms with E-state index in [-0.39, 0.29) is 30.3 Å². The van der Waals surface area contributed by atoms with Gasteiger partial charge in [0.05, 0.1) is 23.9 Å². The lowest BCUT2D eigenvalue weighted by atomic mass is 9.99. The molecule has 9 heteroatoms. The summed E-state index contributed by atoms with van der Waals surface area (Å²) in [6.45, 7) is 0.296. The SMILES string of the molecule is O=C(N[C@H]1C[C@H](C(=O)NCC2=CCCCC2)C[C@@H]1O)c1ccncc1F.O=CO. The molecule has 0 saturated heterocycles. The molecule has 1 aromatic heterocycles. The van der Waals surface area contributed by atoms with Gasteiger partial charge in [-0.05, 0) is 44.6 Å². The van der Waals surface area contributed by atoms with Gasteiger partial charge in [0.2, 0.25) is 5.91 Å². The lowest BCUT2D eigenvalue weighted by Gasteiger charge is -2.17. The summed E-state index contributed by atoms with van der Waals surface area (Å²) in [6.07, 6.45) is 8.72. The van der Waals surface area contributed by atoms with Crippen molar-refractivity contribution in [2.75, 3.05) is 6.54 Å². The van der Waals surface area contributed by atoms with Crippen molar-refractivity contribution in [2.45, 2.75) is 50.7 Å². The molecule has 0 aliphatic heterocycles. The van der Waals surface area contributed by atoms with E-state index in [1.807, 2.05) is 0 Å². The van der Waals surface area contributed by atoms with E-state index in [0.29, 0.717) is 13.0 Å². The van der Waals surface area contributed by atoms with E-state index in [0.717, 1.165) is 25.5 Å². The van der Waals surface area contributed by atoms with Gasteiger partial charge in [-0.2, -0.15) is 0 Å². The largest absolute Gasteiger partial charge is 0.483 e. The molecule has 4 N–H and O–H groups in total. The number of pyridine rings is 1. The minimum atomic E-state index is -0.825. The highest BCUT2D eigenvalue weighted by Crippen LogP contribution is 2.27. The molecule has 8 nitrogen and oxygen atoms in total. The number of allylic oxidation sites excluding steroid dienone is 1. The van der Waals surface area contributed by atoms with Gasteiger partial charge in [-0.25, -0.2) is 4.39 Å². The standard InChI is InChI=1S/C19H24FN3O3.CH2O2/c20-15-11-21-7-6-14(15)19(26)23-16-8-13(9-17(16)24)18(25)22-10-12-4-2-1-3-5-12;2-1-3/h4,6-7,11,13,16-17,24H,1-3,5,8-10H2,(H,22,25)(H,23,26);1H,(H,2,3)/t13-,16-,17-;/m0./s1. The molecule has 3 rings (SSSR count). The molecular weight excluding hydrogens is 381 g/mol. The highest BCUT2D eigenvalue weighted by atomic mass is 19.1. The average molecular weight is 407 g/mol. The van der Waals surface area contributed by atoms with Crippen LogP contribution >= 0.6 is 0 Å². The monoisotopic (exact) mass is 407 g/mol. The van der Waals surface area contributed by atoms with Crippen LogP contribution in [0.4, 0.5) is 4.39 Å². The highest BCUT2D eigenvalue weighted by molar-refractivity contribution is 5.94. The zero-order chi connectivity index (χ0) is 21.2. The van der Waals surface area contributed by atoms with Gasteiger partial charge in [-0.3, -0.25) is 19.4 Å². The van der Waals surface area contributed by atoms with Gasteiger partial charge < -0.3 is 20.8 Å². The summed E-state index contributed by atoms with van der Waals surface area (Å²) in [5.41, 5.74) is 1.13. The Labute approximate surface area is 168 Å². The molecule has 2 aliphatic carbocycles. The molecule has 0 bridgehead atoms. The number of amides is 2. The first kappa shape index (κ1) is 22.5. The number of halogens is 1. The molecule has 29 heavy (non-hydrogen) atoms. The van der Waals surface area contributed by atoms with Crippen LogP contribution in [0.1, 0.15) is 48.9 Å². The predicted octanol–water partition coefficient (Wildman–Crippen LogP) is 1.41. The smallest absolute Gasteiger partial charge is 0.290 e. The number of nitrogens with zero attached hydrogens (tertiary/aromatic N) is 1. The first-order chi connectivity index (χ1) is 14.0. The van der Waals surface area contributed by atoms with E-state index in [4.69, 9.17) is 9.90 Å². The van der Waals surface area contributed by atoms with Gasteiger partial charge in [0.1, 0.15) is 0 Å². The zero-order valence-corrected chi connectivity index (χ0v) is 16.0.